The largest absolute Gasteiger partial charge is 0.424 e. The molecule has 12 heteroatoms. The Morgan fingerprint density at radius 2 is 1.88 bits per heavy atom. The predicted molar refractivity (Wildman–Crippen MR) is 109 cm³/mol. The molecule has 2 heterocycles. The van der Waals surface area contributed by atoms with E-state index >= 15 is 0 Å². The Morgan fingerprint density at radius 3 is 2.50 bits per heavy atom. The van der Waals surface area contributed by atoms with Crippen LogP contribution in [0.25, 0.3) is 10.8 Å². The van der Waals surface area contributed by atoms with Gasteiger partial charge in [0.1, 0.15) is 12.4 Å². The van der Waals surface area contributed by atoms with Gasteiger partial charge in [0.15, 0.2) is 0 Å². The van der Waals surface area contributed by atoms with Crippen LogP contribution in [0.15, 0.2) is 53.7 Å². The molecule has 32 heavy (non-hydrogen) atoms. The lowest BCUT2D eigenvalue weighted by atomic mass is 9.97. The number of rotatable bonds is 6. The SMILES string of the molecule is Cn1ccnc1C(O)(CCNC(=O)CN1c2cccc3cccc(c23)S1(=O)=O)C(F)(F)F. The first-order valence-corrected chi connectivity index (χ1v) is 11.0. The van der Waals surface area contributed by atoms with Gasteiger partial charge in [-0.2, -0.15) is 13.2 Å². The Labute approximate surface area is 181 Å². The Hall–Kier alpha value is -3.12. The number of halogens is 3. The second kappa shape index (κ2) is 7.48. The molecule has 2 N–H and O–H groups in total. The van der Waals surface area contributed by atoms with Crippen molar-refractivity contribution in [3.05, 3.63) is 54.6 Å². The molecule has 4 rings (SSSR count). The standard InChI is InChI=1S/C20H19F3N4O4S/c1-26-11-10-25-18(26)19(29,20(21,22)23)8-9-24-16(28)12-27-14-6-2-4-13-5-3-7-15(17(13)14)32(27,30)31/h2-7,10-11,29H,8-9,12H2,1H3,(H,24,28). The molecule has 1 aromatic heterocycles. The highest BCUT2D eigenvalue weighted by Crippen LogP contribution is 2.42. The molecule has 1 aliphatic rings. The highest BCUT2D eigenvalue weighted by atomic mass is 32.2. The molecule has 1 aliphatic heterocycles. The van der Waals surface area contributed by atoms with E-state index in [0.717, 1.165) is 15.1 Å². The number of aryl methyl sites for hydroxylation is 1. The Morgan fingerprint density at radius 1 is 1.19 bits per heavy atom. The molecular weight excluding hydrogens is 449 g/mol. The van der Waals surface area contributed by atoms with E-state index in [1.54, 1.807) is 30.3 Å². The quantitative estimate of drug-likeness (QED) is 0.576. The molecule has 2 aromatic carbocycles. The Kier molecular flexibility index (Phi) is 5.17. The van der Waals surface area contributed by atoms with Crippen molar-refractivity contribution in [2.75, 3.05) is 17.4 Å². The molecule has 170 valence electrons. The van der Waals surface area contributed by atoms with Crippen molar-refractivity contribution in [3.63, 3.8) is 0 Å². The van der Waals surface area contributed by atoms with Crippen LogP contribution < -0.4 is 9.62 Å². The maximum atomic E-state index is 13.6. The van der Waals surface area contributed by atoms with Crippen molar-refractivity contribution in [2.24, 2.45) is 7.05 Å². The number of aliphatic hydroxyl groups is 1. The van der Waals surface area contributed by atoms with Crippen LogP contribution in [0.5, 0.6) is 0 Å². The van der Waals surface area contributed by atoms with Crippen LogP contribution in [-0.2, 0) is 27.5 Å². The lowest BCUT2D eigenvalue weighted by Crippen LogP contribution is -2.47. The smallest absolute Gasteiger partial charge is 0.374 e. The first-order valence-electron chi connectivity index (χ1n) is 9.55. The minimum atomic E-state index is -5.04. The van der Waals surface area contributed by atoms with E-state index in [1.165, 1.54) is 19.3 Å². The molecule has 0 saturated carbocycles. The molecule has 1 unspecified atom stereocenters. The van der Waals surface area contributed by atoms with E-state index in [4.69, 9.17) is 0 Å². The lowest BCUT2D eigenvalue weighted by Gasteiger charge is -2.30. The van der Waals surface area contributed by atoms with E-state index in [0.29, 0.717) is 16.5 Å². The first kappa shape index (κ1) is 22.1. The van der Waals surface area contributed by atoms with Crippen molar-refractivity contribution < 1.29 is 31.5 Å². The Balaban J connectivity index is 1.49. The fourth-order valence-corrected chi connectivity index (χ4v) is 5.51. The van der Waals surface area contributed by atoms with Crippen molar-refractivity contribution in [1.29, 1.82) is 0 Å². The van der Waals surface area contributed by atoms with E-state index in [-0.39, 0.29) is 4.90 Å². The molecule has 0 saturated heterocycles. The van der Waals surface area contributed by atoms with Gasteiger partial charge in [-0.1, -0.05) is 24.3 Å². The van der Waals surface area contributed by atoms with Gasteiger partial charge in [0.05, 0.1) is 10.6 Å². The number of amides is 1. The normalized spacial score (nSPS) is 16.8. The van der Waals surface area contributed by atoms with Crippen molar-refractivity contribution in [1.82, 2.24) is 14.9 Å². The van der Waals surface area contributed by atoms with Gasteiger partial charge in [0.25, 0.3) is 10.0 Å². The van der Waals surface area contributed by atoms with Gasteiger partial charge in [-0.15, -0.1) is 0 Å². The molecule has 0 aliphatic carbocycles. The highest BCUT2D eigenvalue weighted by molar-refractivity contribution is 7.93. The number of nitrogens with zero attached hydrogens (tertiary/aromatic N) is 3. The summed E-state index contributed by atoms with van der Waals surface area (Å²) in [5.74, 6) is -1.41. The van der Waals surface area contributed by atoms with E-state index < -0.39 is 53.0 Å². The van der Waals surface area contributed by atoms with Gasteiger partial charge in [-0.25, -0.2) is 13.4 Å². The number of sulfonamides is 1. The van der Waals surface area contributed by atoms with Crippen LogP contribution in [0, 0.1) is 0 Å². The zero-order chi connectivity index (χ0) is 23.3. The minimum absolute atomic E-state index is 0.0691. The maximum absolute atomic E-state index is 13.6. The Bertz CT molecular complexity index is 1300. The number of hydrogen-bond acceptors (Lipinski definition) is 5. The molecule has 1 amide bonds. The van der Waals surface area contributed by atoms with Gasteiger partial charge < -0.3 is 15.0 Å². The summed E-state index contributed by atoms with van der Waals surface area (Å²) < 4.78 is 68.5. The number of carbonyl (C=O) groups is 1. The zero-order valence-corrected chi connectivity index (χ0v) is 17.6. The second-order valence-electron chi connectivity index (χ2n) is 7.46. The summed E-state index contributed by atoms with van der Waals surface area (Å²) in [6, 6.07) is 9.75. The van der Waals surface area contributed by atoms with Crippen LogP contribution in [0.4, 0.5) is 18.9 Å². The number of carbonyl (C=O) groups excluding carboxylic acids is 1. The summed E-state index contributed by atoms with van der Waals surface area (Å²) in [4.78, 5) is 16.1. The van der Waals surface area contributed by atoms with Crippen molar-refractivity contribution in [3.8, 4) is 0 Å². The fraction of sp³-hybridized carbons (Fsp3) is 0.300. The minimum Gasteiger partial charge on any atom is -0.374 e. The van der Waals surface area contributed by atoms with E-state index in [1.807, 2.05) is 0 Å². The zero-order valence-electron chi connectivity index (χ0n) is 16.8. The molecule has 0 bridgehead atoms. The van der Waals surface area contributed by atoms with Crippen molar-refractivity contribution >= 4 is 32.4 Å². The van der Waals surface area contributed by atoms with E-state index in [9.17, 15) is 31.5 Å². The fourth-order valence-electron chi connectivity index (χ4n) is 3.84. The predicted octanol–water partition coefficient (Wildman–Crippen LogP) is 2.04. The molecule has 3 aromatic rings. The number of anilines is 1. The van der Waals surface area contributed by atoms with Crippen LogP contribution in [-0.4, -0.2) is 48.2 Å². The van der Waals surface area contributed by atoms with Gasteiger partial charge in [0, 0.05) is 37.8 Å². The van der Waals surface area contributed by atoms with Crippen LogP contribution >= 0.6 is 0 Å². The topological polar surface area (TPSA) is 105 Å². The summed E-state index contributed by atoms with van der Waals surface area (Å²) in [5.41, 5.74) is -2.95. The summed E-state index contributed by atoms with van der Waals surface area (Å²) in [6.07, 6.45) is -3.54. The summed E-state index contributed by atoms with van der Waals surface area (Å²) in [7, 11) is -2.67. The van der Waals surface area contributed by atoms with Gasteiger partial charge in [0.2, 0.25) is 11.5 Å². The third kappa shape index (κ3) is 3.39. The summed E-state index contributed by atoms with van der Waals surface area (Å²) in [5, 5.41) is 13.8. The van der Waals surface area contributed by atoms with Crippen molar-refractivity contribution in [2.45, 2.75) is 23.1 Å². The lowest BCUT2D eigenvalue weighted by molar-refractivity contribution is -0.272. The first-order chi connectivity index (χ1) is 15.0. The monoisotopic (exact) mass is 468 g/mol. The maximum Gasteiger partial charge on any atom is 0.424 e. The third-order valence-electron chi connectivity index (χ3n) is 5.44. The molecule has 0 spiro atoms. The van der Waals surface area contributed by atoms with Gasteiger partial charge in [-0.05, 0) is 17.5 Å². The average Bonchev–Trinajstić information content (AvgIpc) is 3.24. The second-order valence-corrected chi connectivity index (χ2v) is 9.29. The number of alkyl halides is 3. The van der Waals surface area contributed by atoms with E-state index in [2.05, 4.69) is 10.3 Å². The summed E-state index contributed by atoms with van der Waals surface area (Å²) >= 11 is 0. The van der Waals surface area contributed by atoms with Crippen LogP contribution in [0.1, 0.15) is 12.2 Å². The molecular formula is C20H19F3N4O4S. The number of aromatic nitrogens is 2. The number of nitrogens with one attached hydrogen (secondary N) is 1. The molecule has 0 fully saturated rings. The summed E-state index contributed by atoms with van der Waals surface area (Å²) in [6.45, 7) is -1.16. The van der Waals surface area contributed by atoms with Gasteiger partial charge in [-0.3, -0.25) is 9.10 Å². The average molecular weight is 468 g/mol. The number of benzene rings is 2. The van der Waals surface area contributed by atoms with Crippen LogP contribution in [0.2, 0.25) is 0 Å². The molecule has 0 radical (unpaired) electrons. The third-order valence-corrected chi connectivity index (χ3v) is 7.24. The van der Waals surface area contributed by atoms with Gasteiger partial charge >= 0.3 is 6.18 Å². The molecule has 1 atom stereocenters. The highest BCUT2D eigenvalue weighted by Gasteiger charge is 2.57. The van der Waals surface area contributed by atoms with Crippen LogP contribution in [0.3, 0.4) is 0 Å². The number of imidazole rings is 1. The number of hydrogen-bond donors (Lipinski definition) is 2. The molecule has 8 nitrogen and oxygen atoms in total.